The molecule has 1 nitrogen and oxygen atoms in total. The summed E-state index contributed by atoms with van der Waals surface area (Å²) in [6.07, 6.45) is 3.83. The van der Waals surface area contributed by atoms with Crippen LogP contribution < -0.4 is 18.9 Å². The van der Waals surface area contributed by atoms with Gasteiger partial charge in [-0.25, -0.2) is 0 Å². The maximum absolute atomic E-state index is 12.2. The third kappa shape index (κ3) is 4.62. The van der Waals surface area contributed by atoms with Crippen LogP contribution in [-0.4, -0.2) is 17.7 Å². The molecular formula is C12H17ClLiOPS. The Morgan fingerprint density at radius 3 is 2.76 bits per heavy atom. The number of rotatable bonds is 5. The molecule has 0 heterocycles. The van der Waals surface area contributed by atoms with Crippen molar-refractivity contribution in [3.63, 3.8) is 0 Å². The number of Topliss-reactive ketones (excluding diaryl/α,β-unsaturated/α-hetero) is 1. The maximum Gasteiger partial charge on any atom is 1.00 e. The number of thioether (sulfide) groups is 1. The number of hydrogen-bond donors (Lipinski definition) is 0. The average molecular weight is 283 g/mol. The standard InChI is InChI=1S/C12H16ClOPS.Li.H/c1-3-5-9(15)12(14)11-8(13)6-4-7-10(11)16-2;;/h4,6-7,9H,3,5,15H2,1-2H3;;/q;+1;-1. The molecule has 0 aliphatic carbocycles. The van der Waals surface area contributed by atoms with Gasteiger partial charge in [0.05, 0.1) is 10.6 Å². The minimum Gasteiger partial charge on any atom is -1.00 e. The SMILES string of the molecule is CCCC(P)C(=O)c1c(Cl)cccc1SC.[H-].[Li+]. The fourth-order valence-electron chi connectivity index (χ4n) is 1.54. The molecule has 2 unspecified atom stereocenters. The van der Waals surface area contributed by atoms with Gasteiger partial charge in [-0.3, -0.25) is 4.79 Å². The second-order valence-corrected chi connectivity index (χ2v) is 5.64. The molecule has 0 N–H and O–H groups in total. The second-order valence-electron chi connectivity index (χ2n) is 3.58. The predicted octanol–water partition coefficient (Wildman–Crippen LogP) is 1.40. The summed E-state index contributed by atoms with van der Waals surface area (Å²) in [6.45, 7) is 2.08. The molecule has 0 amide bonds. The third-order valence-electron chi connectivity index (χ3n) is 2.38. The van der Waals surface area contributed by atoms with Gasteiger partial charge in [-0.2, -0.15) is 0 Å². The Kier molecular flexibility index (Phi) is 8.91. The van der Waals surface area contributed by atoms with Crippen molar-refractivity contribution in [1.82, 2.24) is 0 Å². The van der Waals surface area contributed by atoms with E-state index in [9.17, 15) is 4.79 Å². The summed E-state index contributed by atoms with van der Waals surface area (Å²) in [5.41, 5.74) is 0.640. The van der Waals surface area contributed by atoms with E-state index in [-0.39, 0.29) is 31.7 Å². The average Bonchev–Trinajstić information content (AvgIpc) is 2.28. The number of hydrogen-bond acceptors (Lipinski definition) is 2. The van der Waals surface area contributed by atoms with Crippen LogP contribution in [0.3, 0.4) is 0 Å². The van der Waals surface area contributed by atoms with Crippen LogP contribution in [0.15, 0.2) is 23.1 Å². The summed E-state index contributed by atoms with van der Waals surface area (Å²) >= 11 is 7.66. The molecule has 0 radical (unpaired) electrons. The first kappa shape index (κ1) is 17.6. The molecule has 0 fully saturated rings. The predicted molar refractivity (Wildman–Crippen MR) is 77.1 cm³/mol. The molecular weight excluding hydrogens is 266 g/mol. The maximum atomic E-state index is 12.2. The third-order valence-corrected chi connectivity index (χ3v) is 4.11. The van der Waals surface area contributed by atoms with E-state index in [4.69, 9.17) is 11.6 Å². The molecule has 0 aliphatic rings. The molecule has 0 saturated heterocycles. The quantitative estimate of drug-likeness (QED) is 0.352. The Bertz CT molecular complexity index is 392. The van der Waals surface area contributed by atoms with Crippen molar-refractivity contribution in [3.05, 3.63) is 28.8 Å². The van der Waals surface area contributed by atoms with Crippen LogP contribution in [0, 0.1) is 0 Å². The van der Waals surface area contributed by atoms with E-state index in [1.165, 1.54) is 0 Å². The zero-order valence-electron chi connectivity index (χ0n) is 11.5. The van der Waals surface area contributed by atoms with Gasteiger partial charge < -0.3 is 1.43 Å². The number of carbonyl (C=O) groups is 1. The van der Waals surface area contributed by atoms with Gasteiger partial charge in [-0.1, -0.05) is 31.0 Å². The van der Waals surface area contributed by atoms with Gasteiger partial charge >= 0.3 is 18.9 Å². The Labute approximate surface area is 128 Å². The van der Waals surface area contributed by atoms with Crippen molar-refractivity contribution in [3.8, 4) is 0 Å². The molecule has 0 aliphatic heterocycles. The van der Waals surface area contributed by atoms with Gasteiger partial charge in [0.1, 0.15) is 0 Å². The summed E-state index contributed by atoms with van der Waals surface area (Å²) in [5.74, 6) is 0.127. The van der Waals surface area contributed by atoms with Crippen LogP contribution in [0.5, 0.6) is 0 Å². The summed E-state index contributed by atoms with van der Waals surface area (Å²) in [6, 6.07) is 5.59. The smallest absolute Gasteiger partial charge is 1.00 e. The van der Waals surface area contributed by atoms with Gasteiger partial charge in [-0.15, -0.1) is 21.0 Å². The zero-order chi connectivity index (χ0) is 12.1. The Morgan fingerprint density at radius 2 is 2.24 bits per heavy atom. The summed E-state index contributed by atoms with van der Waals surface area (Å²) in [7, 11) is 2.62. The van der Waals surface area contributed by atoms with Gasteiger partial charge in [0.2, 0.25) is 0 Å². The van der Waals surface area contributed by atoms with Crippen LogP contribution in [0.1, 0.15) is 31.6 Å². The van der Waals surface area contributed by atoms with Gasteiger partial charge in [0.15, 0.2) is 5.78 Å². The summed E-state index contributed by atoms with van der Waals surface area (Å²) in [4.78, 5) is 13.2. The molecule has 17 heavy (non-hydrogen) atoms. The fraction of sp³-hybridized carbons (Fsp3) is 0.417. The van der Waals surface area contributed by atoms with Crippen molar-refractivity contribution in [2.75, 3.05) is 6.26 Å². The van der Waals surface area contributed by atoms with Crippen molar-refractivity contribution in [2.45, 2.75) is 30.3 Å². The van der Waals surface area contributed by atoms with Crippen LogP contribution in [0.2, 0.25) is 5.02 Å². The van der Waals surface area contributed by atoms with Crippen LogP contribution in [0.25, 0.3) is 0 Å². The van der Waals surface area contributed by atoms with E-state index in [1.807, 2.05) is 18.4 Å². The molecule has 90 valence electrons. The van der Waals surface area contributed by atoms with Crippen LogP contribution in [-0.2, 0) is 0 Å². The Balaban J connectivity index is 0. The van der Waals surface area contributed by atoms with E-state index in [2.05, 4.69) is 16.2 Å². The van der Waals surface area contributed by atoms with Crippen LogP contribution >= 0.6 is 32.6 Å². The first-order chi connectivity index (χ1) is 7.61. The Morgan fingerprint density at radius 1 is 1.59 bits per heavy atom. The number of halogens is 1. The van der Waals surface area contributed by atoms with E-state index >= 15 is 0 Å². The number of benzene rings is 1. The van der Waals surface area contributed by atoms with Crippen molar-refractivity contribution in [1.29, 1.82) is 0 Å². The first-order valence-corrected chi connectivity index (χ1v) is 7.51. The minimum absolute atomic E-state index is 0. The topological polar surface area (TPSA) is 17.1 Å². The van der Waals surface area contributed by atoms with Gasteiger partial charge in [0.25, 0.3) is 0 Å². The molecule has 5 heteroatoms. The van der Waals surface area contributed by atoms with Crippen LogP contribution in [0.4, 0.5) is 0 Å². The molecule has 1 aromatic rings. The van der Waals surface area contributed by atoms with Crippen molar-refractivity contribution in [2.24, 2.45) is 0 Å². The first-order valence-electron chi connectivity index (χ1n) is 5.24. The molecule has 0 spiro atoms. The monoisotopic (exact) mass is 282 g/mol. The summed E-state index contributed by atoms with van der Waals surface area (Å²) < 4.78 is 0. The van der Waals surface area contributed by atoms with E-state index in [0.717, 1.165) is 17.7 Å². The van der Waals surface area contributed by atoms with E-state index in [1.54, 1.807) is 17.8 Å². The fourth-order valence-corrected chi connectivity index (χ4v) is 2.99. The summed E-state index contributed by atoms with van der Waals surface area (Å²) in [5, 5.41) is 0.556. The van der Waals surface area contributed by atoms with Gasteiger partial charge in [-0.05, 0) is 24.8 Å². The molecule has 1 rings (SSSR count). The number of carbonyl (C=O) groups excluding carboxylic acids is 1. The normalized spacial score (nSPS) is 11.8. The molecule has 0 saturated carbocycles. The second kappa shape index (κ2) is 8.62. The Hall–Kier alpha value is 0.557. The van der Waals surface area contributed by atoms with Crippen molar-refractivity contribution < 1.29 is 25.1 Å². The minimum atomic E-state index is -0.0317. The van der Waals surface area contributed by atoms with Gasteiger partial charge in [0, 0.05) is 10.6 Å². The number of ketones is 1. The molecule has 0 aromatic heterocycles. The van der Waals surface area contributed by atoms with Crippen molar-refractivity contribution >= 4 is 38.4 Å². The largest absolute Gasteiger partial charge is 1.00 e. The van der Waals surface area contributed by atoms with E-state index in [0.29, 0.717) is 10.6 Å². The molecule has 0 bridgehead atoms. The molecule has 1 aromatic carbocycles. The molecule has 2 atom stereocenters. The zero-order valence-corrected chi connectivity index (χ0v) is 13.2. The van der Waals surface area contributed by atoms with E-state index < -0.39 is 0 Å².